The Morgan fingerprint density at radius 2 is 1.41 bits per heavy atom. The van der Waals surface area contributed by atoms with Gasteiger partial charge in [-0.05, 0) is 48.9 Å². The normalized spacial score (nSPS) is 28.3. The van der Waals surface area contributed by atoms with Gasteiger partial charge in [0, 0.05) is 14.2 Å². The molecule has 0 amide bonds. The molecule has 2 atom stereocenters. The Morgan fingerprint density at radius 3 is 1.77 bits per heavy atom. The summed E-state index contributed by atoms with van der Waals surface area (Å²) >= 11 is 0. The third-order valence-corrected chi connectivity index (χ3v) is 5.11. The SMILES string of the molecule is COC1(OC)[C](c2ccco2)C2CCCC2[C]1c1ccco1. The Bertz CT molecular complexity index is 547. The first-order valence-corrected chi connectivity index (χ1v) is 7.74. The topological polar surface area (TPSA) is 44.7 Å². The molecule has 2 radical (unpaired) electrons. The van der Waals surface area contributed by atoms with E-state index in [2.05, 4.69) is 0 Å². The molecule has 0 aliphatic heterocycles. The van der Waals surface area contributed by atoms with Crippen molar-refractivity contribution in [2.45, 2.75) is 25.0 Å². The van der Waals surface area contributed by atoms with Crippen LogP contribution in [0.5, 0.6) is 0 Å². The number of hydrogen-bond acceptors (Lipinski definition) is 4. The first-order chi connectivity index (χ1) is 10.8. The van der Waals surface area contributed by atoms with E-state index in [9.17, 15) is 0 Å². The largest absolute Gasteiger partial charge is 0.468 e. The highest BCUT2D eigenvalue weighted by atomic mass is 16.7. The molecular weight excluding hydrogens is 280 g/mol. The second kappa shape index (κ2) is 5.28. The Kier molecular flexibility index (Phi) is 3.39. The molecule has 2 aromatic heterocycles. The van der Waals surface area contributed by atoms with E-state index in [1.165, 1.54) is 6.42 Å². The second-order valence-corrected chi connectivity index (χ2v) is 5.95. The molecular formula is C18H20O4. The van der Waals surface area contributed by atoms with E-state index in [0.717, 1.165) is 36.2 Å². The average Bonchev–Trinajstić information content (AvgIpc) is 3.29. The van der Waals surface area contributed by atoms with Crippen LogP contribution in [0, 0.1) is 23.7 Å². The van der Waals surface area contributed by atoms with Crippen molar-refractivity contribution in [3.05, 3.63) is 60.1 Å². The molecule has 4 rings (SSSR count). The molecule has 0 spiro atoms. The molecule has 116 valence electrons. The summed E-state index contributed by atoms with van der Waals surface area (Å²) in [5.74, 6) is 3.75. The van der Waals surface area contributed by atoms with E-state index in [4.69, 9.17) is 18.3 Å². The van der Waals surface area contributed by atoms with Crippen LogP contribution in [-0.2, 0) is 9.47 Å². The zero-order chi connectivity index (χ0) is 15.2. The maximum Gasteiger partial charge on any atom is 0.196 e. The summed E-state index contributed by atoms with van der Waals surface area (Å²) in [6, 6.07) is 7.80. The second-order valence-electron chi connectivity index (χ2n) is 5.95. The molecule has 0 bridgehead atoms. The maximum atomic E-state index is 5.94. The van der Waals surface area contributed by atoms with E-state index in [0.29, 0.717) is 11.8 Å². The standard InChI is InChI=1S/C18H20O4/c1-19-18(20-2)16(14-8-4-10-21-14)12-6-3-7-13(12)17(18)15-9-5-11-22-15/h4-5,8-13H,3,6-7H2,1-2H3. The van der Waals surface area contributed by atoms with E-state index in [-0.39, 0.29) is 0 Å². The number of hydrogen-bond donors (Lipinski definition) is 0. The highest BCUT2D eigenvalue weighted by Gasteiger charge is 2.66. The lowest BCUT2D eigenvalue weighted by molar-refractivity contribution is -0.174. The molecule has 2 unspecified atom stereocenters. The lowest BCUT2D eigenvalue weighted by atomic mass is 9.87. The number of furan rings is 2. The van der Waals surface area contributed by atoms with Crippen molar-refractivity contribution in [1.29, 1.82) is 0 Å². The molecule has 2 aliphatic rings. The van der Waals surface area contributed by atoms with Crippen LogP contribution >= 0.6 is 0 Å². The summed E-state index contributed by atoms with van der Waals surface area (Å²) in [5, 5.41) is 0. The van der Waals surface area contributed by atoms with Gasteiger partial charge in [0.15, 0.2) is 5.79 Å². The van der Waals surface area contributed by atoms with Crippen LogP contribution in [0.2, 0.25) is 0 Å². The van der Waals surface area contributed by atoms with Crippen LogP contribution in [0.3, 0.4) is 0 Å². The number of rotatable bonds is 4. The van der Waals surface area contributed by atoms with Gasteiger partial charge in [-0.3, -0.25) is 0 Å². The molecule has 2 fully saturated rings. The van der Waals surface area contributed by atoms with Crippen molar-refractivity contribution >= 4 is 0 Å². The van der Waals surface area contributed by atoms with Crippen molar-refractivity contribution in [3.63, 3.8) is 0 Å². The minimum Gasteiger partial charge on any atom is -0.468 e. The third kappa shape index (κ3) is 1.77. The summed E-state index contributed by atoms with van der Waals surface area (Å²) < 4.78 is 23.3. The van der Waals surface area contributed by atoms with Gasteiger partial charge in [-0.15, -0.1) is 0 Å². The molecule has 0 saturated heterocycles. The molecule has 22 heavy (non-hydrogen) atoms. The maximum absolute atomic E-state index is 5.94. The summed E-state index contributed by atoms with van der Waals surface area (Å²) in [6.45, 7) is 0. The fourth-order valence-electron chi connectivity index (χ4n) is 4.36. The lowest BCUT2D eigenvalue weighted by Gasteiger charge is -2.36. The average molecular weight is 300 g/mol. The van der Waals surface area contributed by atoms with Crippen molar-refractivity contribution in [2.24, 2.45) is 11.8 Å². The fraction of sp³-hybridized carbons (Fsp3) is 0.444. The van der Waals surface area contributed by atoms with Gasteiger partial charge in [0.25, 0.3) is 0 Å². The highest BCUT2D eigenvalue weighted by molar-refractivity contribution is 5.48. The van der Waals surface area contributed by atoms with Crippen molar-refractivity contribution in [1.82, 2.24) is 0 Å². The van der Waals surface area contributed by atoms with Crippen LogP contribution in [0.1, 0.15) is 30.8 Å². The van der Waals surface area contributed by atoms with Crippen LogP contribution in [0.25, 0.3) is 0 Å². The summed E-state index contributed by atoms with van der Waals surface area (Å²) in [4.78, 5) is 0. The molecule has 4 nitrogen and oxygen atoms in total. The number of methoxy groups -OCH3 is 2. The van der Waals surface area contributed by atoms with Crippen molar-refractivity contribution < 1.29 is 18.3 Å². The lowest BCUT2D eigenvalue weighted by Crippen LogP contribution is -2.44. The molecule has 4 heteroatoms. The van der Waals surface area contributed by atoms with Gasteiger partial charge in [-0.25, -0.2) is 0 Å². The van der Waals surface area contributed by atoms with Crippen LogP contribution in [-0.4, -0.2) is 20.0 Å². The van der Waals surface area contributed by atoms with Crippen LogP contribution < -0.4 is 0 Å². The zero-order valence-electron chi connectivity index (χ0n) is 12.9. The molecule has 2 saturated carbocycles. The van der Waals surface area contributed by atoms with Crippen molar-refractivity contribution in [2.75, 3.05) is 14.2 Å². The number of fused-ring (bicyclic) bond motifs is 1. The van der Waals surface area contributed by atoms with E-state index in [1.807, 2.05) is 24.3 Å². The molecule has 2 aromatic rings. The minimum absolute atomic E-state index is 0.381. The molecule has 0 N–H and O–H groups in total. The Morgan fingerprint density at radius 1 is 0.909 bits per heavy atom. The summed E-state index contributed by atoms with van der Waals surface area (Å²) in [6.07, 6.45) is 6.85. The monoisotopic (exact) mass is 300 g/mol. The first kappa shape index (κ1) is 14.1. The first-order valence-electron chi connectivity index (χ1n) is 7.74. The molecule has 2 heterocycles. The van der Waals surface area contributed by atoms with Gasteiger partial charge in [-0.1, -0.05) is 6.42 Å². The third-order valence-electron chi connectivity index (χ3n) is 5.11. The zero-order valence-corrected chi connectivity index (χ0v) is 12.9. The summed E-state index contributed by atoms with van der Waals surface area (Å²) in [5.41, 5.74) is 0. The van der Waals surface area contributed by atoms with Gasteiger partial charge in [0.1, 0.15) is 23.4 Å². The fourth-order valence-corrected chi connectivity index (χ4v) is 4.36. The summed E-state index contributed by atoms with van der Waals surface area (Å²) in [7, 11) is 3.38. The van der Waals surface area contributed by atoms with Gasteiger partial charge in [0.05, 0.1) is 12.5 Å². The highest BCUT2D eigenvalue weighted by Crippen LogP contribution is 2.63. The minimum atomic E-state index is -0.897. The van der Waals surface area contributed by atoms with Gasteiger partial charge >= 0.3 is 0 Å². The Hall–Kier alpha value is -1.52. The van der Waals surface area contributed by atoms with E-state index in [1.54, 1.807) is 26.7 Å². The van der Waals surface area contributed by atoms with Gasteiger partial charge < -0.3 is 18.3 Å². The van der Waals surface area contributed by atoms with E-state index >= 15 is 0 Å². The number of ether oxygens (including phenoxy) is 2. The van der Waals surface area contributed by atoms with Crippen LogP contribution in [0.15, 0.2) is 45.6 Å². The predicted octanol–water partition coefficient (Wildman–Crippen LogP) is 3.84. The Balaban J connectivity index is 1.87. The van der Waals surface area contributed by atoms with E-state index < -0.39 is 5.79 Å². The Labute approximate surface area is 130 Å². The molecule has 2 aliphatic carbocycles. The predicted molar refractivity (Wildman–Crippen MR) is 79.7 cm³/mol. The molecule has 0 aromatic carbocycles. The van der Waals surface area contributed by atoms with Crippen molar-refractivity contribution in [3.8, 4) is 0 Å². The smallest absolute Gasteiger partial charge is 0.196 e. The quantitative estimate of drug-likeness (QED) is 0.805. The van der Waals surface area contributed by atoms with Gasteiger partial charge in [0.2, 0.25) is 0 Å². The van der Waals surface area contributed by atoms with Crippen LogP contribution in [0.4, 0.5) is 0 Å². The van der Waals surface area contributed by atoms with Gasteiger partial charge in [-0.2, -0.15) is 0 Å².